The molecule has 0 heterocycles. The molecule has 0 aliphatic rings. The number of hydrogen-bond donors (Lipinski definition) is 1. The summed E-state index contributed by atoms with van der Waals surface area (Å²) in [4.78, 5) is 1.28. The molecule has 2 N–H and O–H groups in total. The summed E-state index contributed by atoms with van der Waals surface area (Å²) < 4.78 is 1.12. The minimum absolute atomic E-state index is 0.286. The van der Waals surface area contributed by atoms with Crippen LogP contribution in [0.1, 0.15) is 19.3 Å². The number of nitrogens with two attached hydrogens (primary N) is 1. The zero-order valence-electron chi connectivity index (χ0n) is 9.36. The highest BCUT2D eigenvalue weighted by Gasteiger charge is 2.03. The van der Waals surface area contributed by atoms with Gasteiger partial charge in [0.1, 0.15) is 0 Å². The van der Waals surface area contributed by atoms with E-state index in [9.17, 15) is 0 Å². The molecule has 1 rings (SSSR count). The molecule has 16 heavy (non-hydrogen) atoms. The molecular formula is C13H18BrNS. The van der Waals surface area contributed by atoms with Crippen LogP contribution in [0.3, 0.4) is 0 Å². The number of unbranched alkanes of at least 4 members (excludes halogenated alkanes) is 1. The van der Waals surface area contributed by atoms with Crippen molar-refractivity contribution in [3.8, 4) is 0 Å². The molecule has 0 fully saturated rings. The van der Waals surface area contributed by atoms with Crippen LogP contribution in [0.25, 0.3) is 0 Å². The van der Waals surface area contributed by atoms with E-state index in [0.717, 1.165) is 29.5 Å². The molecule has 1 aromatic rings. The van der Waals surface area contributed by atoms with Gasteiger partial charge in [0.05, 0.1) is 0 Å². The van der Waals surface area contributed by atoms with Crippen LogP contribution >= 0.6 is 27.7 Å². The van der Waals surface area contributed by atoms with Crippen molar-refractivity contribution in [2.45, 2.75) is 30.2 Å². The van der Waals surface area contributed by atoms with Crippen LogP contribution in [0.4, 0.5) is 0 Å². The van der Waals surface area contributed by atoms with E-state index < -0.39 is 0 Å². The second-order valence-corrected chi connectivity index (χ2v) is 5.75. The minimum Gasteiger partial charge on any atom is -0.327 e. The van der Waals surface area contributed by atoms with E-state index in [1.807, 2.05) is 17.8 Å². The van der Waals surface area contributed by atoms with Gasteiger partial charge in [-0.05, 0) is 43.5 Å². The van der Waals surface area contributed by atoms with Crippen molar-refractivity contribution in [1.29, 1.82) is 0 Å². The maximum atomic E-state index is 6.03. The van der Waals surface area contributed by atoms with Gasteiger partial charge in [-0.3, -0.25) is 0 Å². The van der Waals surface area contributed by atoms with Crippen LogP contribution in [0, 0.1) is 0 Å². The smallest absolute Gasteiger partial charge is 0.0176 e. The van der Waals surface area contributed by atoms with Crippen LogP contribution in [-0.4, -0.2) is 11.8 Å². The van der Waals surface area contributed by atoms with E-state index in [-0.39, 0.29) is 6.04 Å². The Morgan fingerprint density at radius 1 is 1.38 bits per heavy atom. The van der Waals surface area contributed by atoms with Crippen molar-refractivity contribution in [2.75, 3.05) is 5.75 Å². The molecule has 1 nitrogen and oxygen atoms in total. The first kappa shape index (κ1) is 13.8. The largest absolute Gasteiger partial charge is 0.327 e. The van der Waals surface area contributed by atoms with Crippen molar-refractivity contribution >= 4 is 27.7 Å². The molecule has 0 spiro atoms. The molecule has 0 saturated carbocycles. The Morgan fingerprint density at radius 2 is 2.06 bits per heavy atom. The molecule has 0 aliphatic carbocycles. The van der Waals surface area contributed by atoms with Crippen molar-refractivity contribution < 1.29 is 0 Å². The number of benzene rings is 1. The van der Waals surface area contributed by atoms with Gasteiger partial charge in [-0.15, -0.1) is 18.3 Å². The van der Waals surface area contributed by atoms with E-state index in [4.69, 9.17) is 5.73 Å². The normalized spacial score (nSPS) is 12.4. The Morgan fingerprint density at radius 3 is 2.69 bits per heavy atom. The summed E-state index contributed by atoms with van der Waals surface area (Å²) in [7, 11) is 0. The summed E-state index contributed by atoms with van der Waals surface area (Å²) in [5, 5.41) is 0. The molecule has 0 bridgehead atoms. The highest BCUT2D eigenvalue weighted by molar-refractivity contribution is 9.10. The molecule has 0 radical (unpaired) electrons. The summed E-state index contributed by atoms with van der Waals surface area (Å²) in [6.45, 7) is 3.71. The lowest BCUT2D eigenvalue weighted by atomic mass is 10.1. The first-order valence-electron chi connectivity index (χ1n) is 5.47. The van der Waals surface area contributed by atoms with Crippen LogP contribution in [0.15, 0.2) is 46.3 Å². The van der Waals surface area contributed by atoms with Gasteiger partial charge in [0.25, 0.3) is 0 Å². The Labute approximate surface area is 111 Å². The summed E-state index contributed by atoms with van der Waals surface area (Å²) in [5.41, 5.74) is 6.03. The van der Waals surface area contributed by atoms with E-state index in [1.165, 1.54) is 4.90 Å². The highest BCUT2D eigenvalue weighted by atomic mass is 79.9. The summed E-state index contributed by atoms with van der Waals surface area (Å²) in [6.07, 6.45) is 5.24. The Bertz CT molecular complexity index is 310. The lowest BCUT2D eigenvalue weighted by molar-refractivity contribution is 0.637. The van der Waals surface area contributed by atoms with Crippen molar-refractivity contribution in [2.24, 2.45) is 5.73 Å². The fraction of sp³-hybridized carbons (Fsp3) is 0.385. The van der Waals surface area contributed by atoms with Gasteiger partial charge in [-0.25, -0.2) is 0 Å². The Kier molecular flexibility index (Phi) is 6.85. The van der Waals surface area contributed by atoms with Crippen LogP contribution in [0.5, 0.6) is 0 Å². The summed E-state index contributed by atoms with van der Waals surface area (Å²) in [5.74, 6) is 0.985. The third-order valence-electron chi connectivity index (χ3n) is 2.26. The molecule has 0 aliphatic heterocycles. The number of hydrogen-bond acceptors (Lipinski definition) is 2. The predicted molar refractivity (Wildman–Crippen MR) is 76.9 cm³/mol. The van der Waals surface area contributed by atoms with E-state index in [1.54, 1.807) is 0 Å². The van der Waals surface area contributed by atoms with Gasteiger partial charge in [0.2, 0.25) is 0 Å². The third-order valence-corrected chi connectivity index (χ3v) is 3.99. The quantitative estimate of drug-likeness (QED) is 0.463. The van der Waals surface area contributed by atoms with E-state index >= 15 is 0 Å². The van der Waals surface area contributed by atoms with Gasteiger partial charge in [0, 0.05) is 21.2 Å². The zero-order valence-corrected chi connectivity index (χ0v) is 11.8. The lowest BCUT2D eigenvalue weighted by Crippen LogP contribution is -2.22. The first-order chi connectivity index (χ1) is 7.72. The average molecular weight is 300 g/mol. The lowest BCUT2D eigenvalue weighted by Gasteiger charge is -2.10. The maximum absolute atomic E-state index is 6.03. The van der Waals surface area contributed by atoms with Gasteiger partial charge >= 0.3 is 0 Å². The molecule has 1 atom stereocenters. The summed E-state index contributed by atoms with van der Waals surface area (Å²) in [6, 6.07) is 8.64. The molecule has 0 saturated heterocycles. The van der Waals surface area contributed by atoms with Crippen LogP contribution < -0.4 is 5.73 Å². The van der Waals surface area contributed by atoms with Crippen molar-refractivity contribution in [3.63, 3.8) is 0 Å². The third kappa shape index (κ3) is 5.73. The van der Waals surface area contributed by atoms with Crippen LogP contribution in [0.2, 0.25) is 0 Å². The Balaban J connectivity index is 2.23. The topological polar surface area (TPSA) is 26.0 Å². The first-order valence-corrected chi connectivity index (χ1v) is 7.25. The number of allylic oxidation sites excluding steroid dienone is 1. The molecule has 0 aromatic heterocycles. The molecule has 1 aromatic carbocycles. The predicted octanol–water partition coefficient (Wildman–Crippen LogP) is 4.22. The second-order valence-electron chi connectivity index (χ2n) is 3.74. The molecule has 0 amide bonds. The van der Waals surface area contributed by atoms with Gasteiger partial charge < -0.3 is 5.73 Å². The van der Waals surface area contributed by atoms with Gasteiger partial charge in [-0.2, -0.15) is 0 Å². The molecule has 88 valence electrons. The zero-order chi connectivity index (χ0) is 11.8. The fourth-order valence-corrected chi connectivity index (χ4v) is 2.51. The number of rotatable bonds is 7. The number of thioether (sulfide) groups is 1. The monoisotopic (exact) mass is 299 g/mol. The maximum Gasteiger partial charge on any atom is 0.0176 e. The van der Waals surface area contributed by atoms with Crippen LogP contribution in [-0.2, 0) is 0 Å². The standard InChI is InChI=1S/C13H18BrNS/c1-2-3-4-5-12(15)10-16-13-8-6-11(14)7-9-13/h2,6-9,12H,1,3-5,10,15H2. The van der Waals surface area contributed by atoms with Crippen molar-refractivity contribution in [3.05, 3.63) is 41.4 Å². The summed E-state index contributed by atoms with van der Waals surface area (Å²) >= 11 is 5.25. The molecule has 3 heteroatoms. The fourth-order valence-electron chi connectivity index (χ4n) is 1.34. The van der Waals surface area contributed by atoms with E-state index in [2.05, 4.69) is 46.8 Å². The van der Waals surface area contributed by atoms with Crippen molar-refractivity contribution in [1.82, 2.24) is 0 Å². The highest BCUT2D eigenvalue weighted by Crippen LogP contribution is 2.21. The van der Waals surface area contributed by atoms with Gasteiger partial charge in [0.15, 0.2) is 0 Å². The Hall–Kier alpha value is -0.250. The number of halogens is 1. The molecular weight excluding hydrogens is 282 g/mol. The van der Waals surface area contributed by atoms with Gasteiger partial charge in [-0.1, -0.05) is 22.0 Å². The molecule has 1 unspecified atom stereocenters. The average Bonchev–Trinajstić information content (AvgIpc) is 2.29. The SMILES string of the molecule is C=CCCCC(N)CSc1ccc(Br)cc1. The van der Waals surface area contributed by atoms with E-state index in [0.29, 0.717) is 0 Å². The minimum atomic E-state index is 0.286. The second kappa shape index (κ2) is 7.93.